The van der Waals surface area contributed by atoms with Gasteiger partial charge in [0.05, 0.1) is 5.75 Å². The summed E-state index contributed by atoms with van der Waals surface area (Å²) >= 11 is 3.31. The Labute approximate surface area is 163 Å². The number of aromatic nitrogens is 3. The highest BCUT2D eigenvalue weighted by Gasteiger charge is 2.32. The maximum atomic E-state index is 12.8. The van der Waals surface area contributed by atoms with Crippen LogP contribution in [0.3, 0.4) is 0 Å². The van der Waals surface area contributed by atoms with Gasteiger partial charge < -0.3 is 9.47 Å². The summed E-state index contributed by atoms with van der Waals surface area (Å²) in [6, 6.07) is 5.44. The van der Waals surface area contributed by atoms with E-state index in [1.807, 2.05) is 0 Å². The molecule has 5 nitrogen and oxygen atoms in total. The molecular weight excluding hydrogens is 364 g/mol. The molecule has 2 aromatic heterocycles. The van der Waals surface area contributed by atoms with Gasteiger partial charge in [0.1, 0.15) is 5.82 Å². The summed E-state index contributed by atoms with van der Waals surface area (Å²) in [5, 5.41) is 11.9. The monoisotopic (exact) mass is 390 g/mol. The minimum atomic E-state index is 0.236. The van der Waals surface area contributed by atoms with Crippen molar-refractivity contribution in [1.82, 2.24) is 19.7 Å². The van der Waals surface area contributed by atoms with Crippen LogP contribution in [0.1, 0.15) is 62.7 Å². The van der Waals surface area contributed by atoms with Gasteiger partial charge in [0.15, 0.2) is 5.16 Å². The number of thioether (sulfide) groups is 1. The average Bonchev–Trinajstić information content (AvgIpc) is 3.16. The van der Waals surface area contributed by atoms with Crippen LogP contribution in [-0.4, -0.2) is 43.4 Å². The Morgan fingerprint density at radius 2 is 2.00 bits per heavy atom. The first-order chi connectivity index (χ1) is 12.6. The highest BCUT2D eigenvalue weighted by atomic mass is 32.2. The molecule has 2 atom stereocenters. The number of hydrogen-bond donors (Lipinski definition) is 0. The molecule has 1 aliphatic carbocycles. The predicted octanol–water partition coefficient (Wildman–Crippen LogP) is 4.15. The number of amides is 1. The summed E-state index contributed by atoms with van der Waals surface area (Å²) < 4.78 is 2.28. The topological polar surface area (TPSA) is 51.0 Å². The van der Waals surface area contributed by atoms with Crippen LogP contribution < -0.4 is 0 Å². The van der Waals surface area contributed by atoms with E-state index in [2.05, 4.69) is 51.0 Å². The molecule has 3 heterocycles. The van der Waals surface area contributed by atoms with E-state index >= 15 is 0 Å². The summed E-state index contributed by atoms with van der Waals surface area (Å²) in [5.74, 6) is 1.72. The largest absolute Gasteiger partial charge is 0.337 e. The van der Waals surface area contributed by atoms with E-state index in [0.29, 0.717) is 23.9 Å². The lowest BCUT2D eigenvalue weighted by Gasteiger charge is -2.39. The van der Waals surface area contributed by atoms with Gasteiger partial charge in [0.25, 0.3) is 0 Å². The Morgan fingerprint density at radius 1 is 1.23 bits per heavy atom. The number of thiophene rings is 1. The molecule has 4 rings (SSSR count). The van der Waals surface area contributed by atoms with Crippen molar-refractivity contribution in [3.8, 4) is 0 Å². The maximum Gasteiger partial charge on any atom is 0.233 e. The number of carbonyl (C=O) groups excluding carboxylic acids is 1. The van der Waals surface area contributed by atoms with E-state index in [4.69, 9.17) is 0 Å². The van der Waals surface area contributed by atoms with E-state index in [-0.39, 0.29) is 5.91 Å². The third kappa shape index (κ3) is 3.83. The summed E-state index contributed by atoms with van der Waals surface area (Å²) in [7, 11) is 0. The molecule has 7 heteroatoms. The van der Waals surface area contributed by atoms with E-state index in [9.17, 15) is 4.79 Å². The van der Waals surface area contributed by atoms with Crippen LogP contribution >= 0.6 is 23.1 Å². The van der Waals surface area contributed by atoms with Gasteiger partial charge in [-0.25, -0.2) is 0 Å². The minimum Gasteiger partial charge on any atom is -0.337 e. The van der Waals surface area contributed by atoms with E-state index in [1.54, 1.807) is 23.1 Å². The molecule has 0 bridgehead atoms. The SMILES string of the molecule is C[C@@H]1CCC[C@@H](C)N1C(=O)CSc1nnc(Cc2cccs2)n1C1CC1. The van der Waals surface area contributed by atoms with Gasteiger partial charge in [-0.1, -0.05) is 17.8 Å². The lowest BCUT2D eigenvalue weighted by Crippen LogP contribution is -2.48. The third-order valence-corrected chi connectivity index (χ3v) is 7.17. The summed E-state index contributed by atoms with van der Waals surface area (Å²) in [6.07, 6.45) is 6.67. The van der Waals surface area contributed by atoms with Crippen LogP contribution in [0.2, 0.25) is 0 Å². The molecule has 1 saturated carbocycles. The van der Waals surface area contributed by atoms with Crippen molar-refractivity contribution < 1.29 is 4.79 Å². The second-order valence-corrected chi connectivity index (χ2v) is 9.45. The zero-order valence-electron chi connectivity index (χ0n) is 15.4. The van der Waals surface area contributed by atoms with Gasteiger partial charge in [-0.3, -0.25) is 4.79 Å². The van der Waals surface area contributed by atoms with E-state index in [0.717, 1.165) is 30.2 Å². The maximum absolute atomic E-state index is 12.8. The number of hydrogen-bond acceptors (Lipinski definition) is 5. The van der Waals surface area contributed by atoms with Crippen LogP contribution in [-0.2, 0) is 11.2 Å². The molecule has 0 radical (unpaired) electrons. The Balaban J connectivity index is 1.45. The first-order valence-corrected chi connectivity index (χ1v) is 11.4. The Morgan fingerprint density at radius 3 is 2.65 bits per heavy atom. The highest BCUT2D eigenvalue weighted by Crippen LogP contribution is 2.39. The van der Waals surface area contributed by atoms with Gasteiger partial charge in [-0.15, -0.1) is 21.5 Å². The quantitative estimate of drug-likeness (QED) is 0.696. The van der Waals surface area contributed by atoms with Crippen LogP contribution in [0, 0.1) is 0 Å². The number of nitrogens with zero attached hydrogens (tertiary/aromatic N) is 4. The molecule has 26 heavy (non-hydrogen) atoms. The first-order valence-electron chi connectivity index (χ1n) is 9.53. The molecular formula is C19H26N4OS2. The fourth-order valence-electron chi connectivity index (χ4n) is 3.91. The zero-order valence-corrected chi connectivity index (χ0v) is 17.1. The highest BCUT2D eigenvalue weighted by molar-refractivity contribution is 7.99. The third-order valence-electron chi connectivity index (χ3n) is 5.37. The lowest BCUT2D eigenvalue weighted by atomic mass is 9.98. The smallest absolute Gasteiger partial charge is 0.233 e. The van der Waals surface area contributed by atoms with E-state index in [1.165, 1.54) is 24.1 Å². The molecule has 1 amide bonds. The molecule has 140 valence electrons. The Bertz CT molecular complexity index is 744. The molecule has 1 aliphatic heterocycles. The standard InChI is InChI=1S/C19H26N4OS2/c1-13-5-3-6-14(2)22(13)18(24)12-26-19-21-20-17(23(19)15-8-9-15)11-16-7-4-10-25-16/h4,7,10,13-15H,3,5-6,8-9,11-12H2,1-2H3/t13-,14-/m1/s1. The average molecular weight is 391 g/mol. The first kappa shape index (κ1) is 18.0. The molecule has 0 aromatic carbocycles. The molecule has 2 aliphatic rings. The number of rotatable bonds is 6. The van der Waals surface area contributed by atoms with Gasteiger partial charge in [0.2, 0.25) is 5.91 Å². The number of likely N-dealkylation sites (tertiary alicyclic amines) is 1. The Hall–Kier alpha value is -1.34. The molecule has 0 unspecified atom stereocenters. The van der Waals surface area contributed by atoms with Crippen LogP contribution in [0.5, 0.6) is 0 Å². The van der Waals surface area contributed by atoms with Crippen molar-refractivity contribution in [3.63, 3.8) is 0 Å². The van der Waals surface area contributed by atoms with Crippen molar-refractivity contribution in [2.75, 3.05) is 5.75 Å². The van der Waals surface area contributed by atoms with Crippen molar-refractivity contribution in [3.05, 3.63) is 28.2 Å². The van der Waals surface area contributed by atoms with E-state index < -0.39 is 0 Å². The second kappa shape index (κ2) is 7.72. The normalized spacial score (nSPS) is 23.4. The molecule has 1 saturated heterocycles. The molecule has 0 N–H and O–H groups in total. The minimum absolute atomic E-state index is 0.236. The molecule has 2 aromatic rings. The van der Waals surface area contributed by atoms with Crippen molar-refractivity contribution in [2.45, 2.75) is 75.7 Å². The van der Waals surface area contributed by atoms with Gasteiger partial charge in [-0.05, 0) is 57.4 Å². The fourth-order valence-corrected chi connectivity index (χ4v) is 5.50. The summed E-state index contributed by atoms with van der Waals surface area (Å²) in [4.78, 5) is 16.2. The van der Waals surface area contributed by atoms with Crippen LogP contribution in [0.25, 0.3) is 0 Å². The van der Waals surface area contributed by atoms with Gasteiger partial charge in [0, 0.05) is 29.4 Å². The second-order valence-electron chi connectivity index (χ2n) is 7.47. The fraction of sp³-hybridized carbons (Fsp3) is 0.632. The number of piperidine rings is 1. The Kier molecular flexibility index (Phi) is 5.36. The summed E-state index contributed by atoms with van der Waals surface area (Å²) in [5.41, 5.74) is 0. The summed E-state index contributed by atoms with van der Waals surface area (Å²) in [6.45, 7) is 4.34. The predicted molar refractivity (Wildman–Crippen MR) is 106 cm³/mol. The number of carbonyl (C=O) groups is 1. The van der Waals surface area contributed by atoms with Crippen LogP contribution in [0.4, 0.5) is 0 Å². The lowest BCUT2D eigenvalue weighted by molar-refractivity contribution is -0.134. The van der Waals surface area contributed by atoms with Gasteiger partial charge in [-0.2, -0.15) is 0 Å². The van der Waals surface area contributed by atoms with Crippen LogP contribution in [0.15, 0.2) is 22.7 Å². The van der Waals surface area contributed by atoms with Crippen molar-refractivity contribution >= 4 is 29.0 Å². The zero-order chi connectivity index (χ0) is 18.1. The van der Waals surface area contributed by atoms with Crippen molar-refractivity contribution in [2.24, 2.45) is 0 Å². The molecule has 2 fully saturated rings. The van der Waals surface area contributed by atoms with Crippen molar-refractivity contribution in [1.29, 1.82) is 0 Å². The van der Waals surface area contributed by atoms with Gasteiger partial charge >= 0.3 is 0 Å². The molecule has 0 spiro atoms.